The Labute approximate surface area is 106 Å². The topological polar surface area (TPSA) is 44.0 Å². The Morgan fingerprint density at radius 2 is 2.22 bits per heavy atom. The smallest absolute Gasteiger partial charge is 0.153 e. The molecule has 3 heterocycles. The van der Waals surface area contributed by atoms with Crippen molar-refractivity contribution >= 4 is 23.6 Å². The molecule has 0 radical (unpaired) electrons. The van der Waals surface area contributed by atoms with Gasteiger partial charge in [-0.25, -0.2) is 0 Å². The van der Waals surface area contributed by atoms with Gasteiger partial charge in [-0.15, -0.1) is 0 Å². The third-order valence-corrected chi connectivity index (χ3v) is 3.76. The molecule has 0 unspecified atom stereocenters. The van der Waals surface area contributed by atoms with Crippen LogP contribution in [0, 0.1) is 5.41 Å². The van der Waals surface area contributed by atoms with Gasteiger partial charge in [-0.05, 0) is 19.2 Å². The fourth-order valence-corrected chi connectivity index (χ4v) is 2.28. The predicted octanol–water partition coefficient (Wildman–Crippen LogP) is 3.15. The van der Waals surface area contributed by atoms with Gasteiger partial charge in [0.1, 0.15) is 11.3 Å². The number of fused-ring (bicyclic) bond motifs is 2. The zero-order valence-corrected chi connectivity index (χ0v) is 10.6. The zero-order chi connectivity index (χ0) is 12.6. The number of hydrogen-bond donors (Lipinski definition) is 0. The molecule has 0 spiro atoms. The van der Waals surface area contributed by atoms with Crippen molar-refractivity contribution in [3.63, 3.8) is 0 Å². The van der Waals surface area contributed by atoms with Crippen molar-refractivity contribution in [1.29, 1.82) is 0 Å². The molecule has 4 nitrogen and oxygen atoms in total. The van der Waals surface area contributed by atoms with Crippen LogP contribution in [0.25, 0.3) is 11.2 Å². The Morgan fingerprint density at radius 1 is 1.39 bits per heavy atom. The molecule has 0 aliphatic carbocycles. The number of aliphatic imine (C=N–C) groups is 1. The minimum absolute atomic E-state index is 0.237. The minimum atomic E-state index is 0.237. The van der Waals surface area contributed by atoms with E-state index in [1.54, 1.807) is 0 Å². The largest absolute Gasteiger partial charge is 0.455 e. The van der Waals surface area contributed by atoms with E-state index in [2.05, 4.69) is 18.6 Å². The van der Waals surface area contributed by atoms with E-state index in [9.17, 15) is 0 Å². The van der Waals surface area contributed by atoms with E-state index in [0.29, 0.717) is 6.61 Å². The number of benzene rings is 1. The minimum Gasteiger partial charge on any atom is -0.455 e. The van der Waals surface area contributed by atoms with Crippen molar-refractivity contribution in [2.24, 2.45) is 10.4 Å². The Bertz CT molecular complexity index is 536. The first-order chi connectivity index (χ1) is 8.76. The molecule has 0 N–H and O–H groups in total. The summed E-state index contributed by atoms with van der Waals surface area (Å²) in [5, 5.41) is 0. The highest BCUT2D eigenvalue weighted by Crippen LogP contribution is 2.34. The Morgan fingerprint density at radius 3 is 2.72 bits per heavy atom. The van der Waals surface area contributed by atoms with Gasteiger partial charge < -0.3 is 13.9 Å². The summed E-state index contributed by atoms with van der Waals surface area (Å²) in [6.45, 7) is 8.65. The summed E-state index contributed by atoms with van der Waals surface area (Å²) in [5.74, 6) is 0. The lowest BCUT2D eigenvalue weighted by atomic mass is 9.84. The lowest BCUT2D eigenvalue weighted by Gasteiger charge is -2.40. The Balaban J connectivity index is 1.59. The summed E-state index contributed by atoms with van der Waals surface area (Å²) >= 11 is 0. The number of hydrogen-bond acceptors (Lipinski definition) is 4. The van der Waals surface area contributed by atoms with E-state index >= 15 is 0 Å². The van der Waals surface area contributed by atoms with Crippen molar-refractivity contribution < 1.29 is 13.9 Å². The van der Waals surface area contributed by atoms with Gasteiger partial charge in [0.05, 0.1) is 26.4 Å². The van der Waals surface area contributed by atoms with Gasteiger partial charge in [0.2, 0.25) is 0 Å². The molecule has 2 bridgehead atoms. The molecule has 0 saturated carbocycles. The van der Waals surface area contributed by atoms with E-state index in [1.807, 2.05) is 12.1 Å². The summed E-state index contributed by atoms with van der Waals surface area (Å²) in [5.41, 5.74) is 3.77. The van der Waals surface area contributed by atoms with Crippen LogP contribution in [0.1, 0.15) is 18.9 Å². The van der Waals surface area contributed by atoms with Crippen LogP contribution in [0.3, 0.4) is 0 Å². The van der Waals surface area contributed by atoms with Gasteiger partial charge >= 0.3 is 0 Å². The van der Waals surface area contributed by atoms with Crippen LogP contribution in [0.2, 0.25) is 0 Å². The van der Waals surface area contributed by atoms with Gasteiger partial charge in [0, 0.05) is 17.0 Å². The second-order valence-electron chi connectivity index (χ2n) is 5.03. The average Bonchev–Trinajstić information content (AvgIpc) is 2.91. The van der Waals surface area contributed by atoms with Crippen LogP contribution in [0.15, 0.2) is 21.5 Å². The third-order valence-electron chi connectivity index (χ3n) is 3.76. The molecular weight excluding hydrogens is 230 g/mol. The summed E-state index contributed by atoms with van der Waals surface area (Å²) in [7, 11) is 0. The first-order valence-corrected chi connectivity index (χ1v) is 6.23. The normalized spacial score (nSPS) is 18.1. The van der Waals surface area contributed by atoms with Crippen LogP contribution in [0.4, 0.5) is 5.69 Å². The molecule has 1 aliphatic rings. The van der Waals surface area contributed by atoms with Gasteiger partial charge in [0.25, 0.3) is 0 Å². The molecule has 1 fully saturated rings. The number of rotatable bonds is 6. The molecule has 1 aliphatic heterocycles. The second kappa shape index (κ2) is 4.37. The van der Waals surface area contributed by atoms with Crippen molar-refractivity contribution in [3.8, 4) is 0 Å². The molecule has 3 rings (SSSR count). The van der Waals surface area contributed by atoms with Crippen LogP contribution in [0.5, 0.6) is 0 Å². The number of nitrogens with zero attached hydrogens (tertiary/aromatic N) is 1. The zero-order valence-electron chi connectivity index (χ0n) is 10.6. The van der Waals surface area contributed by atoms with Crippen LogP contribution >= 0.6 is 0 Å². The lowest BCUT2D eigenvalue weighted by molar-refractivity contribution is -0.152. The quantitative estimate of drug-likeness (QED) is 0.736. The number of furan rings is 2. The fraction of sp³-hybridized carbons (Fsp3) is 0.500. The van der Waals surface area contributed by atoms with Crippen molar-refractivity contribution in [3.05, 3.63) is 17.7 Å². The molecule has 0 amide bonds. The van der Waals surface area contributed by atoms with Crippen LogP contribution in [-0.4, -0.2) is 26.5 Å². The molecule has 0 atom stereocenters. The monoisotopic (exact) mass is 247 g/mol. The van der Waals surface area contributed by atoms with Crippen LogP contribution in [-0.2, 0) is 16.1 Å². The fourth-order valence-electron chi connectivity index (χ4n) is 2.28. The van der Waals surface area contributed by atoms with E-state index in [-0.39, 0.29) is 5.41 Å². The first-order valence-electron chi connectivity index (χ1n) is 6.23. The summed E-state index contributed by atoms with van der Waals surface area (Å²) in [6, 6.07) is 3.89. The van der Waals surface area contributed by atoms with E-state index in [1.165, 1.54) is 0 Å². The molecule has 2 aromatic heterocycles. The summed E-state index contributed by atoms with van der Waals surface area (Å²) in [6.07, 6.45) is 1.10. The average molecular weight is 247 g/mol. The second-order valence-corrected chi connectivity index (χ2v) is 5.03. The Kier molecular flexibility index (Phi) is 2.84. The van der Waals surface area contributed by atoms with Crippen molar-refractivity contribution in [2.75, 3.05) is 19.8 Å². The molecule has 0 aromatic carbocycles. The van der Waals surface area contributed by atoms with Crippen molar-refractivity contribution in [1.82, 2.24) is 0 Å². The molecule has 4 heteroatoms. The maximum Gasteiger partial charge on any atom is 0.153 e. The van der Waals surface area contributed by atoms with Gasteiger partial charge in [0.15, 0.2) is 5.58 Å². The van der Waals surface area contributed by atoms with Gasteiger partial charge in [-0.3, -0.25) is 4.99 Å². The molecule has 1 saturated heterocycles. The van der Waals surface area contributed by atoms with E-state index in [4.69, 9.17) is 13.9 Å². The number of ether oxygens (including phenoxy) is 2. The summed E-state index contributed by atoms with van der Waals surface area (Å²) < 4.78 is 16.6. The Hall–Kier alpha value is -1.39. The molecule has 96 valence electrons. The molecule has 2 aromatic rings. The molecule has 18 heavy (non-hydrogen) atoms. The maximum atomic E-state index is 5.80. The lowest BCUT2D eigenvalue weighted by Crippen LogP contribution is -2.45. The third kappa shape index (κ3) is 1.82. The highest BCUT2D eigenvalue weighted by Gasteiger charge is 2.37. The highest BCUT2D eigenvalue weighted by molar-refractivity contribution is 5.81. The van der Waals surface area contributed by atoms with Crippen molar-refractivity contribution in [2.45, 2.75) is 20.0 Å². The van der Waals surface area contributed by atoms with E-state index in [0.717, 1.165) is 48.7 Å². The van der Waals surface area contributed by atoms with Crippen LogP contribution < -0.4 is 0 Å². The SMILES string of the molecule is C=Nc1cc2oc1cc2COCC1(CC)COC1. The first kappa shape index (κ1) is 11.7. The van der Waals surface area contributed by atoms with E-state index < -0.39 is 0 Å². The maximum absolute atomic E-state index is 5.80. The standard InChI is InChI=1S/C14H17NO3/c1-3-14(8-17-9-14)7-16-6-10-4-13-11(15-2)5-12(10)18-13/h4-5H,2-3,6-9H2,1H3. The summed E-state index contributed by atoms with van der Waals surface area (Å²) in [4.78, 5) is 3.89. The van der Waals surface area contributed by atoms with Gasteiger partial charge in [-0.2, -0.15) is 0 Å². The highest BCUT2D eigenvalue weighted by atomic mass is 16.5. The van der Waals surface area contributed by atoms with Gasteiger partial charge in [-0.1, -0.05) is 6.92 Å². The predicted molar refractivity (Wildman–Crippen MR) is 69.8 cm³/mol. The molecular formula is C14H17NO3.